The largest absolute Gasteiger partial charge is 0.369 e. The smallest absolute Gasteiger partial charge is 0.260 e. The molecule has 0 radical (unpaired) electrons. The van der Waals surface area contributed by atoms with Gasteiger partial charge < -0.3 is 20.0 Å². The molecule has 218 valence electrons. The van der Waals surface area contributed by atoms with Crippen molar-refractivity contribution in [3.63, 3.8) is 0 Å². The molecule has 2 saturated heterocycles. The number of benzene rings is 2. The van der Waals surface area contributed by atoms with Crippen LogP contribution in [-0.2, 0) is 4.79 Å². The van der Waals surface area contributed by atoms with Gasteiger partial charge in [0.05, 0.1) is 6.04 Å². The summed E-state index contributed by atoms with van der Waals surface area (Å²) in [5.74, 6) is 0.497. The number of rotatable bonds is 6. The Bertz CT molecular complexity index is 1700. The Morgan fingerprint density at radius 3 is 2.57 bits per heavy atom. The van der Waals surface area contributed by atoms with Crippen molar-refractivity contribution in [2.24, 2.45) is 0 Å². The fourth-order valence-corrected chi connectivity index (χ4v) is 6.30. The Kier molecular flexibility index (Phi) is 7.88. The molecule has 10 heteroatoms. The predicted molar refractivity (Wildman–Crippen MR) is 169 cm³/mol. The Morgan fingerprint density at radius 2 is 1.83 bits per heavy atom. The lowest BCUT2D eigenvalue weighted by Crippen LogP contribution is -2.44. The number of hydrogen-bond acceptors (Lipinski definition) is 7. The first-order chi connectivity index (χ1) is 20.3. The number of piperazine rings is 1. The monoisotopic (exact) mass is 585 g/mol. The van der Waals surface area contributed by atoms with Gasteiger partial charge in [-0.15, -0.1) is 0 Å². The van der Waals surface area contributed by atoms with Gasteiger partial charge >= 0.3 is 0 Å². The van der Waals surface area contributed by atoms with Gasteiger partial charge in [0.1, 0.15) is 5.65 Å². The van der Waals surface area contributed by atoms with Gasteiger partial charge in [-0.3, -0.25) is 14.2 Å². The van der Waals surface area contributed by atoms with E-state index in [0.29, 0.717) is 53.7 Å². The van der Waals surface area contributed by atoms with Crippen molar-refractivity contribution in [1.82, 2.24) is 24.3 Å². The van der Waals surface area contributed by atoms with Crippen molar-refractivity contribution in [3.8, 4) is 11.1 Å². The summed E-state index contributed by atoms with van der Waals surface area (Å²) >= 11 is 6.53. The van der Waals surface area contributed by atoms with Crippen LogP contribution in [0.2, 0.25) is 5.02 Å². The number of nitrogens with one attached hydrogen (secondary N) is 1. The topological polar surface area (TPSA) is 86.6 Å². The maximum absolute atomic E-state index is 14.1. The second-order valence-electron chi connectivity index (χ2n) is 11.2. The molecule has 1 unspecified atom stereocenters. The maximum Gasteiger partial charge on any atom is 0.260 e. The zero-order valence-electron chi connectivity index (χ0n) is 24.3. The van der Waals surface area contributed by atoms with Crippen LogP contribution in [-0.4, -0.2) is 76.6 Å². The molecule has 9 nitrogen and oxygen atoms in total. The van der Waals surface area contributed by atoms with Crippen molar-refractivity contribution >= 4 is 45.9 Å². The first-order valence-electron chi connectivity index (χ1n) is 14.6. The van der Waals surface area contributed by atoms with Gasteiger partial charge in [-0.2, -0.15) is 4.98 Å². The zero-order valence-corrected chi connectivity index (χ0v) is 25.1. The highest BCUT2D eigenvalue weighted by Crippen LogP contribution is 2.31. The molecule has 42 heavy (non-hydrogen) atoms. The van der Waals surface area contributed by atoms with Gasteiger partial charge in [0.15, 0.2) is 0 Å². The van der Waals surface area contributed by atoms with E-state index in [1.807, 2.05) is 42.2 Å². The quantitative estimate of drug-likeness (QED) is 0.337. The number of pyridine rings is 1. The molecular formula is C32H36ClN7O2. The summed E-state index contributed by atoms with van der Waals surface area (Å²) in [4.78, 5) is 42.7. The van der Waals surface area contributed by atoms with Crippen LogP contribution >= 0.6 is 11.6 Å². The third-order valence-corrected chi connectivity index (χ3v) is 8.75. The highest BCUT2D eigenvalue weighted by atomic mass is 35.5. The molecule has 6 rings (SSSR count). The Hall–Kier alpha value is -3.95. The van der Waals surface area contributed by atoms with Gasteiger partial charge in [0.25, 0.3) is 5.56 Å². The normalized spacial score (nSPS) is 17.7. The molecule has 2 aliphatic rings. The molecule has 4 heterocycles. The van der Waals surface area contributed by atoms with Crippen molar-refractivity contribution in [1.29, 1.82) is 0 Å². The van der Waals surface area contributed by atoms with Crippen molar-refractivity contribution in [3.05, 3.63) is 75.7 Å². The molecule has 0 bridgehead atoms. The minimum Gasteiger partial charge on any atom is -0.369 e. The second-order valence-corrected chi connectivity index (χ2v) is 11.6. The summed E-state index contributed by atoms with van der Waals surface area (Å²) in [6, 6.07) is 15.3. The van der Waals surface area contributed by atoms with E-state index in [0.717, 1.165) is 37.3 Å². The molecule has 1 atom stereocenters. The van der Waals surface area contributed by atoms with E-state index in [1.165, 1.54) is 11.3 Å². The Labute approximate surface area is 250 Å². The number of amides is 1. The molecule has 2 aromatic heterocycles. The van der Waals surface area contributed by atoms with Crippen LogP contribution in [0.15, 0.2) is 59.5 Å². The SMILES string of the molecule is CCC(=O)N1CCC(n2c(=O)c(-c3ccccc3Cl)cc3cnc(Nc4ccc(N5CCN(C)CC5)c(C)c4)nc32)C1. The summed E-state index contributed by atoms with van der Waals surface area (Å²) < 4.78 is 1.74. The van der Waals surface area contributed by atoms with Crippen LogP contribution < -0.4 is 15.8 Å². The van der Waals surface area contributed by atoms with Crippen LogP contribution in [0.4, 0.5) is 17.3 Å². The fraction of sp³-hybridized carbons (Fsp3) is 0.375. The van der Waals surface area contributed by atoms with Crippen LogP contribution in [0.5, 0.6) is 0 Å². The number of fused-ring (bicyclic) bond motifs is 1. The van der Waals surface area contributed by atoms with E-state index in [2.05, 4.69) is 46.2 Å². The summed E-state index contributed by atoms with van der Waals surface area (Å²) in [6.07, 6.45) is 2.86. The summed E-state index contributed by atoms with van der Waals surface area (Å²) in [5, 5.41) is 4.59. The van der Waals surface area contributed by atoms with Crippen LogP contribution in [0, 0.1) is 6.92 Å². The fourth-order valence-electron chi connectivity index (χ4n) is 6.06. The summed E-state index contributed by atoms with van der Waals surface area (Å²) in [6.45, 7) is 9.18. The molecular weight excluding hydrogens is 550 g/mol. The molecule has 4 aromatic rings. The lowest BCUT2D eigenvalue weighted by Gasteiger charge is -2.35. The first kappa shape index (κ1) is 28.2. The Balaban J connectivity index is 1.37. The van der Waals surface area contributed by atoms with E-state index in [9.17, 15) is 9.59 Å². The van der Waals surface area contributed by atoms with E-state index in [4.69, 9.17) is 16.6 Å². The number of likely N-dealkylation sites (tertiary alicyclic amines) is 1. The second kappa shape index (κ2) is 11.7. The van der Waals surface area contributed by atoms with Crippen molar-refractivity contribution in [2.45, 2.75) is 32.7 Å². The zero-order chi connectivity index (χ0) is 29.4. The van der Waals surface area contributed by atoms with Gasteiger partial charge in [-0.1, -0.05) is 36.7 Å². The number of aryl methyl sites for hydroxylation is 1. The van der Waals surface area contributed by atoms with Crippen LogP contribution in [0.1, 0.15) is 31.4 Å². The highest BCUT2D eigenvalue weighted by molar-refractivity contribution is 6.33. The number of carbonyl (C=O) groups is 1. The molecule has 0 saturated carbocycles. The number of aromatic nitrogens is 3. The van der Waals surface area contributed by atoms with Crippen LogP contribution in [0.3, 0.4) is 0 Å². The van der Waals surface area contributed by atoms with E-state index in [1.54, 1.807) is 16.8 Å². The molecule has 2 aliphatic heterocycles. The van der Waals surface area contributed by atoms with E-state index < -0.39 is 0 Å². The van der Waals surface area contributed by atoms with Gasteiger partial charge in [0.2, 0.25) is 11.9 Å². The predicted octanol–water partition coefficient (Wildman–Crippen LogP) is 5.10. The van der Waals surface area contributed by atoms with Crippen LogP contribution in [0.25, 0.3) is 22.2 Å². The average molecular weight is 586 g/mol. The minimum absolute atomic E-state index is 0.0875. The standard InChI is InChI=1S/C32H36ClN7O2/c1-4-29(41)39-12-11-24(20-39)40-30-22(18-26(31(40)42)25-7-5-6-8-27(25)33)19-34-32(36-30)35-23-9-10-28(21(2)17-23)38-15-13-37(3)14-16-38/h5-10,17-19,24H,4,11-16,20H2,1-3H3,(H,34,35,36). The number of anilines is 3. The molecule has 2 fully saturated rings. The highest BCUT2D eigenvalue weighted by Gasteiger charge is 2.30. The summed E-state index contributed by atoms with van der Waals surface area (Å²) in [5.41, 5.74) is 4.81. The number of nitrogens with zero attached hydrogens (tertiary/aromatic N) is 6. The summed E-state index contributed by atoms with van der Waals surface area (Å²) in [7, 11) is 2.16. The molecule has 0 aliphatic carbocycles. The third kappa shape index (κ3) is 5.46. The minimum atomic E-state index is -0.203. The van der Waals surface area contributed by atoms with Gasteiger partial charge in [-0.25, -0.2) is 4.98 Å². The maximum atomic E-state index is 14.1. The number of carbonyl (C=O) groups excluding carboxylic acids is 1. The van der Waals surface area contributed by atoms with E-state index >= 15 is 0 Å². The lowest BCUT2D eigenvalue weighted by atomic mass is 10.1. The lowest BCUT2D eigenvalue weighted by molar-refractivity contribution is -0.129. The van der Waals surface area contributed by atoms with Crippen molar-refractivity contribution in [2.75, 3.05) is 56.5 Å². The Morgan fingerprint density at radius 1 is 1.05 bits per heavy atom. The van der Waals surface area contributed by atoms with Gasteiger partial charge in [0, 0.05) is 84.8 Å². The van der Waals surface area contributed by atoms with E-state index in [-0.39, 0.29) is 17.5 Å². The first-order valence-corrected chi connectivity index (χ1v) is 15.0. The number of hydrogen-bond donors (Lipinski definition) is 1. The van der Waals surface area contributed by atoms with Crippen molar-refractivity contribution < 1.29 is 4.79 Å². The van der Waals surface area contributed by atoms with Gasteiger partial charge in [-0.05, 0) is 56.3 Å². The molecule has 1 amide bonds. The molecule has 2 aromatic carbocycles. The third-order valence-electron chi connectivity index (χ3n) is 8.42. The molecule has 0 spiro atoms. The average Bonchev–Trinajstić information content (AvgIpc) is 3.47. The number of likely N-dealkylation sites (N-methyl/N-ethyl adjacent to an activating group) is 1. The number of halogens is 1. The molecule has 1 N–H and O–H groups in total.